The summed E-state index contributed by atoms with van der Waals surface area (Å²) in [5.41, 5.74) is 9.57. The van der Waals surface area contributed by atoms with E-state index >= 15 is 0 Å². The molecule has 0 atom stereocenters. The van der Waals surface area contributed by atoms with E-state index in [1.54, 1.807) is 12.5 Å². The molecule has 0 unspecified atom stereocenters. The van der Waals surface area contributed by atoms with Crippen LogP contribution in [-0.2, 0) is 0 Å². The molecule has 5 heteroatoms. The van der Waals surface area contributed by atoms with E-state index < -0.39 is 0 Å². The van der Waals surface area contributed by atoms with Gasteiger partial charge in [-0.25, -0.2) is 9.97 Å². The summed E-state index contributed by atoms with van der Waals surface area (Å²) >= 11 is 0. The van der Waals surface area contributed by atoms with Gasteiger partial charge in [0.25, 0.3) is 11.5 Å². The van der Waals surface area contributed by atoms with E-state index in [9.17, 15) is 0 Å². The number of hydrogen-bond donors (Lipinski definition) is 0. The van der Waals surface area contributed by atoms with Gasteiger partial charge in [-0.2, -0.15) is 4.40 Å². The molecule has 0 aliphatic carbocycles. The SMILES string of the molecule is Cc1ccc2c(c1)c1ccc(C)cc1c1ccc(-c3ccc(-c4ccccc4-c4nc(-c5ccncn5)[n+]5ccccc5n4)cc3)cc21. The third-order valence-corrected chi connectivity index (χ3v) is 9.25. The minimum atomic E-state index is 0.647. The standard InChI is InChI=1S/C43H30N5/c1-27-10-17-33-37-23-28(2)11-18-34(37)39-25-31(16-19-35(39)38(33)24-27)29-12-14-30(15-13-29)32-7-3-4-8-36(32)42-46-41-9-5-6-22-48(41)43(47-42)40-20-21-44-26-45-40/h3-26H,1-2H3/q+1. The van der Waals surface area contributed by atoms with Gasteiger partial charge in [0.15, 0.2) is 0 Å². The molecule has 226 valence electrons. The summed E-state index contributed by atoms with van der Waals surface area (Å²) in [5, 5.41) is 7.77. The molecule has 9 aromatic rings. The maximum atomic E-state index is 5.04. The Morgan fingerprint density at radius 2 is 1.12 bits per heavy atom. The highest BCUT2D eigenvalue weighted by molar-refractivity contribution is 6.26. The second-order valence-electron chi connectivity index (χ2n) is 12.4. The molecule has 0 fully saturated rings. The van der Waals surface area contributed by atoms with Crippen molar-refractivity contribution in [1.82, 2.24) is 19.9 Å². The Balaban J connectivity index is 1.15. The minimum absolute atomic E-state index is 0.647. The predicted molar refractivity (Wildman–Crippen MR) is 195 cm³/mol. The summed E-state index contributed by atoms with van der Waals surface area (Å²) in [7, 11) is 0. The smallest absolute Gasteiger partial charge is 0.245 e. The molecule has 0 N–H and O–H groups in total. The van der Waals surface area contributed by atoms with Crippen molar-refractivity contribution in [3.8, 4) is 45.2 Å². The monoisotopic (exact) mass is 616 g/mol. The molecule has 0 aliphatic heterocycles. The first-order valence-corrected chi connectivity index (χ1v) is 16.1. The summed E-state index contributed by atoms with van der Waals surface area (Å²) in [5.74, 6) is 1.36. The van der Waals surface area contributed by atoms with Gasteiger partial charge in [0, 0.05) is 12.3 Å². The number of aryl methyl sites for hydroxylation is 2. The molecule has 0 amide bonds. The van der Waals surface area contributed by atoms with Crippen LogP contribution in [0.2, 0.25) is 0 Å². The molecule has 3 heterocycles. The largest absolute Gasteiger partial charge is 0.309 e. The Hall–Kier alpha value is -6.33. The highest BCUT2D eigenvalue weighted by atomic mass is 15.1. The van der Waals surface area contributed by atoms with Gasteiger partial charge < -0.3 is 0 Å². The van der Waals surface area contributed by atoms with Crippen LogP contribution < -0.4 is 4.40 Å². The highest BCUT2D eigenvalue weighted by Gasteiger charge is 2.22. The average Bonchev–Trinajstić information content (AvgIpc) is 3.14. The zero-order valence-corrected chi connectivity index (χ0v) is 26.6. The Kier molecular flexibility index (Phi) is 6.51. The third-order valence-electron chi connectivity index (χ3n) is 9.25. The van der Waals surface area contributed by atoms with E-state index in [1.165, 1.54) is 54.6 Å². The van der Waals surface area contributed by atoms with E-state index in [1.807, 2.05) is 40.9 Å². The van der Waals surface area contributed by atoms with Gasteiger partial charge in [0.2, 0.25) is 0 Å². The number of aromatic nitrogens is 5. The predicted octanol–water partition coefficient (Wildman–Crippen LogP) is 9.75. The first kappa shape index (κ1) is 27.9. The van der Waals surface area contributed by atoms with Crippen LogP contribution in [0.1, 0.15) is 11.1 Å². The first-order chi connectivity index (χ1) is 23.6. The Morgan fingerprint density at radius 1 is 0.500 bits per heavy atom. The number of hydrogen-bond acceptors (Lipinski definition) is 4. The van der Waals surface area contributed by atoms with Crippen molar-refractivity contribution in [2.45, 2.75) is 13.8 Å². The molecule has 0 bridgehead atoms. The molecule has 5 nitrogen and oxygen atoms in total. The fourth-order valence-electron chi connectivity index (χ4n) is 6.90. The van der Waals surface area contributed by atoms with E-state index in [0.29, 0.717) is 11.6 Å². The van der Waals surface area contributed by atoms with Gasteiger partial charge in [-0.05, 0) is 92.7 Å². The van der Waals surface area contributed by atoms with Crippen molar-refractivity contribution in [2.75, 3.05) is 0 Å². The van der Waals surface area contributed by atoms with Gasteiger partial charge in [0.05, 0.1) is 11.8 Å². The molecule has 6 aromatic carbocycles. The third kappa shape index (κ3) is 4.67. The molecule has 0 saturated heterocycles. The maximum absolute atomic E-state index is 5.04. The minimum Gasteiger partial charge on any atom is -0.245 e. The second kappa shape index (κ2) is 11.2. The number of rotatable bonds is 4. The molecule has 3 aromatic heterocycles. The summed E-state index contributed by atoms with van der Waals surface area (Å²) < 4.78 is 1.96. The van der Waals surface area contributed by atoms with Gasteiger partial charge in [-0.3, -0.25) is 0 Å². The Bertz CT molecular complexity index is 2640. The van der Waals surface area contributed by atoms with Gasteiger partial charge in [0.1, 0.15) is 12.0 Å². The van der Waals surface area contributed by atoms with E-state index in [-0.39, 0.29) is 0 Å². The first-order valence-electron chi connectivity index (χ1n) is 16.1. The fourth-order valence-corrected chi connectivity index (χ4v) is 6.90. The van der Waals surface area contributed by atoms with Crippen LogP contribution in [-0.4, -0.2) is 19.9 Å². The summed E-state index contributed by atoms with van der Waals surface area (Å²) in [6.45, 7) is 4.34. The van der Waals surface area contributed by atoms with Crippen molar-refractivity contribution in [2.24, 2.45) is 0 Å². The van der Waals surface area contributed by atoms with Gasteiger partial charge in [-0.15, -0.1) is 0 Å². The highest BCUT2D eigenvalue weighted by Crippen LogP contribution is 2.39. The molecule has 9 rings (SSSR count). The Morgan fingerprint density at radius 3 is 1.83 bits per heavy atom. The quantitative estimate of drug-likeness (QED) is 0.146. The lowest BCUT2D eigenvalue weighted by Crippen LogP contribution is -2.28. The fraction of sp³-hybridized carbons (Fsp3) is 0.0465. The van der Waals surface area contributed by atoms with Crippen LogP contribution >= 0.6 is 0 Å². The number of nitrogens with zero attached hydrogens (tertiary/aromatic N) is 5. The van der Waals surface area contributed by atoms with Crippen LogP contribution in [0.15, 0.2) is 146 Å². The maximum Gasteiger partial charge on any atom is 0.309 e. The van der Waals surface area contributed by atoms with Crippen molar-refractivity contribution in [3.63, 3.8) is 0 Å². The molecular weight excluding hydrogens is 587 g/mol. The molecule has 0 spiro atoms. The molecule has 0 aliphatic rings. The van der Waals surface area contributed by atoms with Crippen molar-refractivity contribution in [1.29, 1.82) is 0 Å². The lowest BCUT2D eigenvalue weighted by molar-refractivity contribution is -0.505. The number of fused-ring (bicyclic) bond motifs is 7. The lowest BCUT2D eigenvalue weighted by Gasteiger charge is -2.14. The Labute approximate surface area is 277 Å². The van der Waals surface area contributed by atoms with Crippen molar-refractivity contribution < 1.29 is 4.40 Å². The zero-order chi connectivity index (χ0) is 32.2. The average molecular weight is 617 g/mol. The molecule has 48 heavy (non-hydrogen) atoms. The number of benzene rings is 6. The molecule has 0 saturated carbocycles. The number of pyridine rings is 1. The lowest BCUT2D eigenvalue weighted by atomic mass is 9.90. The summed E-state index contributed by atoms with van der Waals surface area (Å²) in [6.07, 6.45) is 5.24. The van der Waals surface area contributed by atoms with Crippen LogP contribution in [0.3, 0.4) is 0 Å². The van der Waals surface area contributed by atoms with Gasteiger partial charge >= 0.3 is 5.82 Å². The van der Waals surface area contributed by atoms with Crippen LogP contribution in [0.4, 0.5) is 0 Å². The molecular formula is C43H30N5+. The molecule has 0 radical (unpaired) electrons. The van der Waals surface area contributed by atoms with E-state index in [0.717, 1.165) is 28.0 Å². The normalized spacial score (nSPS) is 11.5. The zero-order valence-electron chi connectivity index (χ0n) is 26.6. The topological polar surface area (TPSA) is 55.7 Å². The van der Waals surface area contributed by atoms with Crippen LogP contribution in [0.5, 0.6) is 0 Å². The van der Waals surface area contributed by atoms with Crippen LogP contribution in [0.25, 0.3) is 83.1 Å². The van der Waals surface area contributed by atoms with E-state index in [4.69, 9.17) is 9.97 Å². The summed E-state index contributed by atoms with van der Waals surface area (Å²) in [4.78, 5) is 18.6. The van der Waals surface area contributed by atoms with Crippen molar-refractivity contribution in [3.05, 3.63) is 157 Å². The van der Waals surface area contributed by atoms with Crippen LogP contribution in [0, 0.1) is 13.8 Å². The second-order valence-corrected chi connectivity index (χ2v) is 12.4. The summed E-state index contributed by atoms with van der Waals surface area (Å²) in [6, 6.07) is 45.5. The van der Waals surface area contributed by atoms with Gasteiger partial charge in [-0.1, -0.05) is 118 Å². The van der Waals surface area contributed by atoms with Crippen molar-refractivity contribution >= 4 is 38.0 Å². The van der Waals surface area contributed by atoms with E-state index in [2.05, 4.69) is 121 Å².